The van der Waals surface area contributed by atoms with Gasteiger partial charge in [-0.25, -0.2) is 0 Å². The molecule has 118 valence electrons. The zero-order valence-electron chi connectivity index (χ0n) is 12.7. The topological polar surface area (TPSA) is 47.9 Å². The molecule has 0 spiro atoms. The number of rotatable bonds is 3. The van der Waals surface area contributed by atoms with Crippen LogP contribution in [0.4, 0.5) is 0 Å². The minimum atomic E-state index is -0.476. The molecule has 2 atom stereocenters. The van der Waals surface area contributed by atoms with Gasteiger partial charge in [0.15, 0.2) is 6.10 Å². The molecule has 0 aliphatic carbocycles. The number of ether oxygens (including phenoxy) is 1. The van der Waals surface area contributed by atoms with Gasteiger partial charge in [-0.1, -0.05) is 35.5 Å². The first-order valence-electron chi connectivity index (χ1n) is 7.30. The van der Waals surface area contributed by atoms with E-state index in [1.165, 1.54) is 13.5 Å². The lowest BCUT2D eigenvalue weighted by Gasteiger charge is -2.33. The zero-order valence-corrected chi connectivity index (χ0v) is 14.3. The Morgan fingerprint density at radius 1 is 1.32 bits per heavy atom. The SMILES string of the molecule is COC(=O)[C@@H]1C(C2(C)SCCCS2)=NO[C@H]1c1ccccc1. The van der Waals surface area contributed by atoms with E-state index in [2.05, 4.69) is 12.1 Å². The molecule has 6 heteroatoms. The van der Waals surface area contributed by atoms with Crippen molar-refractivity contribution in [2.45, 2.75) is 23.5 Å². The van der Waals surface area contributed by atoms with Crippen LogP contribution in [0.25, 0.3) is 0 Å². The molecule has 2 aliphatic rings. The molecule has 1 saturated heterocycles. The first kappa shape index (κ1) is 15.7. The molecule has 0 unspecified atom stereocenters. The minimum Gasteiger partial charge on any atom is -0.468 e. The van der Waals surface area contributed by atoms with Crippen LogP contribution in [-0.2, 0) is 14.4 Å². The summed E-state index contributed by atoms with van der Waals surface area (Å²) >= 11 is 3.67. The summed E-state index contributed by atoms with van der Waals surface area (Å²) in [6.07, 6.45) is 0.785. The summed E-state index contributed by atoms with van der Waals surface area (Å²) < 4.78 is 4.81. The van der Waals surface area contributed by atoms with Gasteiger partial charge in [-0.2, -0.15) is 0 Å². The van der Waals surface area contributed by atoms with Crippen molar-refractivity contribution in [3.63, 3.8) is 0 Å². The maximum absolute atomic E-state index is 12.4. The molecule has 4 nitrogen and oxygen atoms in total. The summed E-state index contributed by atoms with van der Waals surface area (Å²) in [7, 11) is 1.42. The predicted molar refractivity (Wildman–Crippen MR) is 91.1 cm³/mol. The van der Waals surface area contributed by atoms with Gasteiger partial charge >= 0.3 is 5.97 Å². The highest BCUT2D eigenvalue weighted by molar-refractivity contribution is 8.19. The van der Waals surface area contributed by atoms with Gasteiger partial charge in [-0.05, 0) is 30.4 Å². The van der Waals surface area contributed by atoms with Crippen molar-refractivity contribution in [2.75, 3.05) is 18.6 Å². The lowest BCUT2D eigenvalue weighted by molar-refractivity contribution is -0.146. The third kappa shape index (κ3) is 2.86. The van der Waals surface area contributed by atoms with E-state index in [4.69, 9.17) is 9.57 Å². The van der Waals surface area contributed by atoms with Crippen molar-refractivity contribution in [1.29, 1.82) is 0 Å². The third-order valence-electron chi connectivity index (χ3n) is 3.95. The second-order valence-corrected chi connectivity index (χ2v) is 8.70. The van der Waals surface area contributed by atoms with Crippen molar-refractivity contribution < 1.29 is 14.4 Å². The average Bonchev–Trinajstić information content (AvgIpc) is 3.01. The fourth-order valence-electron chi connectivity index (χ4n) is 2.78. The molecule has 0 bridgehead atoms. The Morgan fingerprint density at radius 2 is 2.00 bits per heavy atom. The zero-order chi connectivity index (χ0) is 15.6. The van der Waals surface area contributed by atoms with E-state index in [0.29, 0.717) is 0 Å². The number of hydrogen-bond acceptors (Lipinski definition) is 6. The second kappa shape index (κ2) is 6.54. The highest BCUT2D eigenvalue weighted by atomic mass is 32.2. The molecule has 0 saturated carbocycles. The normalized spacial score (nSPS) is 26.9. The van der Waals surface area contributed by atoms with Crippen LogP contribution in [0.2, 0.25) is 0 Å². The van der Waals surface area contributed by atoms with Crippen LogP contribution in [0, 0.1) is 5.92 Å². The Kier molecular flexibility index (Phi) is 4.68. The molecule has 2 heterocycles. The van der Waals surface area contributed by atoms with E-state index >= 15 is 0 Å². The Morgan fingerprint density at radius 3 is 2.64 bits per heavy atom. The minimum absolute atomic E-state index is 0.222. The molecular formula is C16H19NO3S2. The summed E-state index contributed by atoms with van der Waals surface area (Å²) in [6, 6.07) is 9.75. The molecule has 0 amide bonds. The van der Waals surface area contributed by atoms with Gasteiger partial charge in [0.25, 0.3) is 0 Å². The van der Waals surface area contributed by atoms with Gasteiger partial charge < -0.3 is 9.57 Å². The Labute approximate surface area is 139 Å². The van der Waals surface area contributed by atoms with E-state index in [1.807, 2.05) is 53.9 Å². The van der Waals surface area contributed by atoms with Gasteiger partial charge in [0.05, 0.1) is 7.11 Å². The molecule has 2 aliphatic heterocycles. The van der Waals surface area contributed by atoms with Crippen molar-refractivity contribution >= 4 is 35.2 Å². The van der Waals surface area contributed by atoms with E-state index < -0.39 is 12.0 Å². The second-order valence-electron chi connectivity index (χ2n) is 5.41. The Balaban J connectivity index is 1.92. The molecule has 0 aromatic heterocycles. The number of benzene rings is 1. The molecule has 0 N–H and O–H groups in total. The number of thioether (sulfide) groups is 2. The highest BCUT2D eigenvalue weighted by Gasteiger charge is 2.50. The van der Waals surface area contributed by atoms with Gasteiger partial charge in [0.1, 0.15) is 15.7 Å². The third-order valence-corrected chi connectivity index (χ3v) is 7.17. The molecule has 1 aromatic rings. The summed E-state index contributed by atoms with van der Waals surface area (Å²) in [5.74, 6) is 1.40. The molecule has 1 fully saturated rings. The first-order chi connectivity index (χ1) is 10.7. The quantitative estimate of drug-likeness (QED) is 0.790. The Hall–Kier alpha value is -1.14. The van der Waals surface area contributed by atoms with E-state index in [-0.39, 0.29) is 10.0 Å². The molecule has 22 heavy (non-hydrogen) atoms. The van der Waals surface area contributed by atoms with Crippen molar-refractivity contribution in [1.82, 2.24) is 0 Å². The molecule has 1 aromatic carbocycles. The molecule has 0 radical (unpaired) electrons. The first-order valence-corrected chi connectivity index (χ1v) is 9.28. The molecule has 3 rings (SSSR count). The number of methoxy groups -OCH3 is 1. The van der Waals surface area contributed by atoms with Crippen LogP contribution in [-0.4, -0.2) is 34.4 Å². The fraction of sp³-hybridized carbons (Fsp3) is 0.500. The number of esters is 1. The van der Waals surface area contributed by atoms with Crippen LogP contribution in [0.1, 0.15) is 25.0 Å². The highest BCUT2D eigenvalue weighted by Crippen LogP contribution is 2.49. The smallest absolute Gasteiger partial charge is 0.318 e. The van der Waals surface area contributed by atoms with Gasteiger partial charge in [0, 0.05) is 0 Å². The van der Waals surface area contributed by atoms with Crippen LogP contribution in [0.3, 0.4) is 0 Å². The van der Waals surface area contributed by atoms with Crippen LogP contribution < -0.4 is 0 Å². The predicted octanol–water partition coefficient (Wildman–Crippen LogP) is 3.49. The maximum Gasteiger partial charge on any atom is 0.318 e. The van der Waals surface area contributed by atoms with Crippen molar-refractivity contribution in [3.8, 4) is 0 Å². The number of nitrogens with zero attached hydrogens (tertiary/aromatic N) is 1. The molecular weight excluding hydrogens is 318 g/mol. The summed E-state index contributed by atoms with van der Waals surface area (Å²) in [5, 5.41) is 4.31. The summed E-state index contributed by atoms with van der Waals surface area (Å²) in [6.45, 7) is 2.13. The van der Waals surface area contributed by atoms with Crippen molar-refractivity contribution in [3.05, 3.63) is 35.9 Å². The van der Waals surface area contributed by atoms with Gasteiger partial charge in [-0.15, -0.1) is 23.5 Å². The maximum atomic E-state index is 12.4. The number of hydrogen-bond donors (Lipinski definition) is 0. The van der Waals surface area contributed by atoms with E-state index in [0.717, 1.165) is 22.8 Å². The summed E-state index contributed by atoms with van der Waals surface area (Å²) in [5.41, 5.74) is 1.74. The van der Waals surface area contributed by atoms with E-state index in [1.54, 1.807) is 0 Å². The average molecular weight is 337 g/mol. The number of oxime groups is 1. The van der Waals surface area contributed by atoms with Crippen LogP contribution in [0.15, 0.2) is 35.5 Å². The number of carbonyl (C=O) groups excluding carboxylic acids is 1. The Bertz CT molecular complexity index is 570. The van der Waals surface area contributed by atoms with Gasteiger partial charge in [0.2, 0.25) is 0 Å². The number of carbonyl (C=O) groups is 1. The van der Waals surface area contributed by atoms with Gasteiger partial charge in [-0.3, -0.25) is 4.79 Å². The van der Waals surface area contributed by atoms with Crippen LogP contribution >= 0.6 is 23.5 Å². The monoisotopic (exact) mass is 337 g/mol. The largest absolute Gasteiger partial charge is 0.468 e. The van der Waals surface area contributed by atoms with E-state index in [9.17, 15) is 4.79 Å². The van der Waals surface area contributed by atoms with Crippen LogP contribution in [0.5, 0.6) is 0 Å². The lowest BCUT2D eigenvalue weighted by Crippen LogP contribution is -2.40. The van der Waals surface area contributed by atoms with Crippen molar-refractivity contribution in [2.24, 2.45) is 11.1 Å². The fourth-order valence-corrected chi connectivity index (χ4v) is 5.78. The summed E-state index contributed by atoms with van der Waals surface area (Å²) in [4.78, 5) is 18.1. The standard InChI is InChI=1S/C16H19NO3S2/c1-16(21-9-6-10-22-16)14-12(15(18)19-2)13(20-17-14)11-7-4-3-5-8-11/h3-5,7-8,12-13H,6,9-10H2,1-2H3/t12-,13-/m0/s1. The lowest BCUT2D eigenvalue weighted by atomic mass is 9.90.